The van der Waals surface area contributed by atoms with E-state index in [1.807, 2.05) is 18.5 Å². The van der Waals surface area contributed by atoms with E-state index in [0.29, 0.717) is 11.3 Å². The van der Waals surface area contributed by atoms with Crippen LogP contribution >= 0.6 is 0 Å². The number of hydrogen-bond donors (Lipinski definition) is 2. The molecule has 92 valence electrons. The number of aromatic nitrogens is 3. The highest BCUT2D eigenvalue weighted by atomic mass is 15.3. The predicted molar refractivity (Wildman–Crippen MR) is 68.6 cm³/mol. The minimum Gasteiger partial charge on any atom is -0.399 e. The standard InChI is InChI=1S/C12H14N6/c1-8(12-17-15-7-18(12)2)16-11-4-3-10(14)5-9(11)6-13/h3-5,7-8,16H,14H2,1-2H3. The molecule has 6 nitrogen and oxygen atoms in total. The largest absolute Gasteiger partial charge is 0.399 e. The first-order valence-electron chi connectivity index (χ1n) is 5.52. The van der Waals surface area contributed by atoms with Crippen molar-refractivity contribution in [3.63, 3.8) is 0 Å². The molecule has 0 saturated carbocycles. The number of nitrogens with zero attached hydrogens (tertiary/aromatic N) is 4. The van der Waals surface area contributed by atoms with Crippen LogP contribution in [-0.2, 0) is 7.05 Å². The van der Waals surface area contributed by atoms with Gasteiger partial charge in [0.1, 0.15) is 12.4 Å². The third kappa shape index (κ3) is 2.25. The maximum Gasteiger partial charge on any atom is 0.154 e. The molecular formula is C12H14N6. The Hall–Kier alpha value is -2.55. The van der Waals surface area contributed by atoms with Crippen molar-refractivity contribution >= 4 is 11.4 Å². The quantitative estimate of drug-likeness (QED) is 0.794. The number of nitrogen functional groups attached to an aromatic ring is 1. The van der Waals surface area contributed by atoms with E-state index in [1.54, 1.807) is 24.5 Å². The lowest BCUT2D eigenvalue weighted by Crippen LogP contribution is -2.12. The Morgan fingerprint density at radius 3 is 2.89 bits per heavy atom. The van der Waals surface area contributed by atoms with Crippen molar-refractivity contribution in [2.75, 3.05) is 11.1 Å². The topological polar surface area (TPSA) is 92.5 Å². The van der Waals surface area contributed by atoms with Crippen LogP contribution in [0.15, 0.2) is 24.5 Å². The molecule has 0 saturated heterocycles. The fourth-order valence-electron chi connectivity index (χ4n) is 1.76. The molecule has 0 bridgehead atoms. The molecule has 6 heteroatoms. The van der Waals surface area contributed by atoms with Crippen molar-refractivity contribution < 1.29 is 0 Å². The molecule has 1 aromatic heterocycles. The number of anilines is 2. The van der Waals surface area contributed by atoms with Gasteiger partial charge in [0.05, 0.1) is 17.3 Å². The maximum atomic E-state index is 9.06. The smallest absolute Gasteiger partial charge is 0.154 e. The molecule has 18 heavy (non-hydrogen) atoms. The fraction of sp³-hybridized carbons (Fsp3) is 0.250. The Morgan fingerprint density at radius 1 is 1.50 bits per heavy atom. The van der Waals surface area contributed by atoms with Crippen LogP contribution in [-0.4, -0.2) is 14.8 Å². The molecule has 1 aromatic carbocycles. The second-order valence-corrected chi connectivity index (χ2v) is 4.08. The van der Waals surface area contributed by atoms with E-state index in [1.165, 1.54) is 0 Å². The van der Waals surface area contributed by atoms with Gasteiger partial charge in [0.25, 0.3) is 0 Å². The van der Waals surface area contributed by atoms with E-state index < -0.39 is 0 Å². The van der Waals surface area contributed by atoms with Crippen molar-refractivity contribution in [1.29, 1.82) is 5.26 Å². The molecule has 1 heterocycles. The van der Waals surface area contributed by atoms with Gasteiger partial charge in [-0.3, -0.25) is 0 Å². The van der Waals surface area contributed by atoms with E-state index >= 15 is 0 Å². The molecule has 0 radical (unpaired) electrons. The number of nitriles is 1. The molecule has 0 amide bonds. The van der Waals surface area contributed by atoms with E-state index in [2.05, 4.69) is 21.6 Å². The monoisotopic (exact) mass is 242 g/mol. The van der Waals surface area contributed by atoms with Gasteiger partial charge in [-0.2, -0.15) is 5.26 Å². The number of nitrogens with two attached hydrogens (primary N) is 1. The van der Waals surface area contributed by atoms with Crippen molar-refractivity contribution in [2.24, 2.45) is 7.05 Å². The van der Waals surface area contributed by atoms with E-state index in [4.69, 9.17) is 11.0 Å². The van der Waals surface area contributed by atoms with Crippen molar-refractivity contribution in [3.05, 3.63) is 35.9 Å². The molecule has 0 fully saturated rings. The van der Waals surface area contributed by atoms with E-state index in [9.17, 15) is 0 Å². The summed E-state index contributed by atoms with van der Waals surface area (Å²) in [5.41, 5.74) is 7.48. The SMILES string of the molecule is CC(Nc1ccc(N)cc1C#N)c1nncn1C. The molecule has 0 aliphatic carbocycles. The fourth-order valence-corrected chi connectivity index (χ4v) is 1.76. The number of nitrogens with one attached hydrogen (secondary N) is 1. The van der Waals surface area contributed by atoms with Gasteiger partial charge < -0.3 is 15.6 Å². The van der Waals surface area contributed by atoms with Gasteiger partial charge >= 0.3 is 0 Å². The zero-order chi connectivity index (χ0) is 13.1. The van der Waals surface area contributed by atoms with Crippen molar-refractivity contribution in [1.82, 2.24) is 14.8 Å². The Kier molecular flexibility index (Phi) is 3.15. The Morgan fingerprint density at radius 2 is 2.28 bits per heavy atom. The molecule has 0 spiro atoms. The zero-order valence-electron chi connectivity index (χ0n) is 10.3. The van der Waals surface area contributed by atoms with Crippen LogP contribution in [0.5, 0.6) is 0 Å². The van der Waals surface area contributed by atoms with Crippen LogP contribution in [0.4, 0.5) is 11.4 Å². The average molecular weight is 242 g/mol. The van der Waals surface area contributed by atoms with Crippen LogP contribution in [0.2, 0.25) is 0 Å². The van der Waals surface area contributed by atoms with Crippen LogP contribution in [0, 0.1) is 11.3 Å². The summed E-state index contributed by atoms with van der Waals surface area (Å²) >= 11 is 0. The number of aryl methyl sites for hydroxylation is 1. The summed E-state index contributed by atoms with van der Waals surface area (Å²) in [6.07, 6.45) is 1.64. The lowest BCUT2D eigenvalue weighted by Gasteiger charge is -2.15. The van der Waals surface area contributed by atoms with Crippen molar-refractivity contribution in [3.8, 4) is 6.07 Å². The molecule has 1 unspecified atom stereocenters. The van der Waals surface area contributed by atoms with Gasteiger partial charge in [0.2, 0.25) is 0 Å². The summed E-state index contributed by atoms with van der Waals surface area (Å²) in [5, 5.41) is 20.1. The lowest BCUT2D eigenvalue weighted by molar-refractivity contribution is 0.719. The van der Waals surface area contributed by atoms with Gasteiger partial charge in [-0.05, 0) is 25.1 Å². The highest BCUT2D eigenvalue weighted by Crippen LogP contribution is 2.22. The second kappa shape index (κ2) is 4.75. The molecular weight excluding hydrogens is 228 g/mol. The second-order valence-electron chi connectivity index (χ2n) is 4.08. The number of hydrogen-bond acceptors (Lipinski definition) is 5. The number of benzene rings is 1. The Labute approximate surface area is 105 Å². The molecule has 2 aromatic rings. The van der Waals surface area contributed by atoms with E-state index in [0.717, 1.165) is 11.5 Å². The highest BCUT2D eigenvalue weighted by molar-refractivity contribution is 5.63. The summed E-state index contributed by atoms with van der Waals surface area (Å²) in [6, 6.07) is 7.26. The predicted octanol–water partition coefficient (Wildman–Crippen LogP) is 1.44. The zero-order valence-corrected chi connectivity index (χ0v) is 10.3. The van der Waals surface area contributed by atoms with Gasteiger partial charge in [-0.15, -0.1) is 10.2 Å². The van der Waals surface area contributed by atoms with E-state index in [-0.39, 0.29) is 6.04 Å². The molecule has 0 aliphatic rings. The molecule has 0 aliphatic heterocycles. The molecule has 2 rings (SSSR count). The Bertz CT molecular complexity index is 595. The summed E-state index contributed by atoms with van der Waals surface area (Å²) in [5.74, 6) is 0.802. The maximum absolute atomic E-state index is 9.06. The van der Waals surface area contributed by atoms with Crippen molar-refractivity contribution in [2.45, 2.75) is 13.0 Å². The summed E-state index contributed by atoms with van der Waals surface area (Å²) in [4.78, 5) is 0. The van der Waals surface area contributed by atoms with Gasteiger partial charge in [0.15, 0.2) is 5.82 Å². The third-order valence-corrected chi connectivity index (χ3v) is 2.67. The third-order valence-electron chi connectivity index (χ3n) is 2.67. The summed E-state index contributed by atoms with van der Waals surface area (Å²) in [7, 11) is 1.88. The van der Waals surface area contributed by atoms with Gasteiger partial charge in [-0.1, -0.05) is 0 Å². The first-order chi connectivity index (χ1) is 8.61. The first kappa shape index (κ1) is 11.9. The average Bonchev–Trinajstić information content (AvgIpc) is 2.77. The molecule has 3 N–H and O–H groups in total. The normalized spacial score (nSPS) is 11.8. The van der Waals surface area contributed by atoms with Crippen LogP contribution in [0.25, 0.3) is 0 Å². The highest BCUT2D eigenvalue weighted by Gasteiger charge is 2.12. The van der Waals surface area contributed by atoms with Crippen LogP contribution in [0.1, 0.15) is 24.4 Å². The van der Waals surface area contributed by atoms with Gasteiger partial charge in [0, 0.05) is 12.7 Å². The summed E-state index contributed by atoms with van der Waals surface area (Å²) < 4.78 is 1.83. The first-order valence-corrected chi connectivity index (χ1v) is 5.52. The minimum atomic E-state index is -0.0479. The number of rotatable bonds is 3. The Balaban J connectivity index is 2.25. The lowest BCUT2D eigenvalue weighted by atomic mass is 10.1. The summed E-state index contributed by atoms with van der Waals surface area (Å²) in [6.45, 7) is 1.96. The van der Waals surface area contributed by atoms with Crippen LogP contribution in [0.3, 0.4) is 0 Å². The molecule has 1 atom stereocenters. The van der Waals surface area contributed by atoms with Crippen LogP contribution < -0.4 is 11.1 Å². The van der Waals surface area contributed by atoms with Gasteiger partial charge in [-0.25, -0.2) is 0 Å². The minimum absolute atomic E-state index is 0.0479.